The average Bonchev–Trinajstić information content (AvgIpc) is 2.64. The minimum atomic E-state index is -0.749. The van der Waals surface area contributed by atoms with E-state index in [-0.39, 0.29) is 18.4 Å². The molecule has 5 heteroatoms. The number of amides is 1. The zero-order chi connectivity index (χ0) is 20.4. The number of rotatable bonds is 11. The van der Waals surface area contributed by atoms with Crippen LogP contribution in [0.15, 0.2) is 36.4 Å². The molecule has 2 rings (SSSR count). The molecule has 1 aromatic rings. The molecule has 0 aliphatic carbocycles. The average molecular weight is 388 g/mol. The van der Waals surface area contributed by atoms with Crippen molar-refractivity contribution in [2.75, 3.05) is 6.54 Å². The zero-order valence-corrected chi connectivity index (χ0v) is 16.8. The SMILES string of the molecule is Cc1cccc(CC(O)/C=C/[C@H]2CCCC(=O)N2CCCCCCC(=O)O)c1. The number of hydrogen-bond acceptors (Lipinski definition) is 3. The van der Waals surface area contributed by atoms with Crippen LogP contribution >= 0.6 is 0 Å². The van der Waals surface area contributed by atoms with Crippen LogP contribution in [0.5, 0.6) is 0 Å². The number of hydrogen-bond donors (Lipinski definition) is 2. The molecular formula is C23H33NO4. The first-order valence-corrected chi connectivity index (χ1v) is 10.4. The van der Waals surface area contributed by atoms with Gasteiger partial charge in [0.25, 0.3) is 0 Å². The number of aryl methyl sites for hydroxylation is 1. The van der Waals surface area contributed by atoms with E-state index >= 15 is 0 Å². The molecule has 2 N–H and O–H groups in total. The Balaban J connectivity index is 1.82. The molecule has 1 amide bonds. The van der Waals surface area contributed by atoms with Gasteiger partial charge in [-0.3, -0.25) is 9.59 Å². The Morgan fingerprint density at radius 2 is 2.07 bits per heavy atom. The van der Waals surface area contributed by atoms with E-state index in [4.69, 9.17) is 5.11 Å². The third-order valence-electron chi connectivity index (χ3n) is 5.23. The summed E-state index contributed by atoms with van der Waals surface area (Å²) in [4.78, 5) is 24.8. The van der Waals surface area contributed by atoms with Gasteiger partial charge >= 0.3 is 5.97 Å². The molecule has 1 aliphatic rings. The van der Waals surface area contributed by atoms with Gasteiger partial charge in [-0.05, 0) is 38.2 Å². The van der Waals surface area contributed by atoms with Crippen molar-refractivity contribution in [1.82, 2.24) is 4.90 Å². The number of piperidine rings is 1. The zero-order valence-electron chi connectivity index (χ0n) is 16.8. The highest BCUT2D eigenvalue weighted by Gasteiger charge is 2.25. The lowest BCUT2D eigenvalue weighted by Crippen LogP contribution is -2.43. The van der Waals surface area contributed by atoms with Crippen molar-refractivity contribution in [3.63, 3.8) is 0 Å². The smallest absolute Gasteiger partial charge is 0.303 e. The van der Waals surface area contributed by atoms with Gasteiger partial charge in [-0.25, -0.2) is 0 Å². The van der Waals surface area contributed by atoms with Crippen molar-refractivity contribution < 1.29 is 19.8 Å². The molecule has 0 bridgehead atoms. The molecule has 0 radical (unpaired) electrons. The molecule has 1 aromatic carbocycles. The summed E-state index contributed by atoms with van der Waals surface area (Å²) in [6, 6.07) is 8.19. The van der Waals surface area contributed by atoms with Gasteiger partial charge in [-0.1, -0.05) is 54.8 Å². The van der Waals surface area contributed by atoms with Crippen molar-refractivity contribution in [3.8, 4) is 0 Å². The normalized spacial score (nSPS) is 18.6. The first-order chi connectivity index (χ1) is 13.5. The number of benzene rings is 1. The minimum absolute atomic E-state index is 0.0485. The van der Waals surface area contributed by atoms with Crippen LogP contribution in [0.3, 0.4) is 0 Å². The lowest BCUT2D eigenvalue weighted by Gasteiger charge is -2.34. The van der Waals surface area contributed by atoms with Gasteiger partial charge in [0, 0.05) is 25.8 Å². The number of unbranched alkanes of at least 4 members (excludes halogenated alkanes) is 3. The number of carboxylic acids is 1. The summed E-state index contributed by atoms with van der Waals surface area (Å²) >= 11 is 0. The van der Waals surface area contributed by atoms with Gasteiger partial charge in [-0.2, -0.15) is 0 Å². The van der Waals surface area contributed by atoms with Crippen molar-refractivity contribution in [2.45, 2.75) is 76.9 Å². The fourth-order valence-electron chi connectivity index (χ4n) is 3.75. The Kier molecular flexibility index (Phi) is 9.21. The third kappa shape index (κ3) is 7.85. The maximum Gasteiger partial charge on any atom is 0.303 e. The van der Waals surface area contributed by atoms with Crippen LogP contribution in [0.2, 0.25) is 0 Å². The Morgan fingerprint density at radius 3 is 2.82 bits per heavy atom. The molecule has 1 aliphatic heterocycles. The first-order valence-electron chi connectivity index (χ1n) is 10.4. The van der Waals surface area contributed by atoms with E-state index < -0.39 is 12.1 Å². The number of likely N-dealkylation sites (tertiary alicyclic amines) is 1. The Hall–Kier alpha value is -2.14. The second-order valence-electron chi connectivity index (χ2n) is 7.75. The number of carboxylic acid groups (broad SMARTS) is 1. The molecule has 1 saturated heterocycles. The molecule has 1 heterocycles. The minimum Gasteiger partial charge on any atom is -0.481 e. The summed E-state index contributed by atoms with van der Waals surface area (Å²) in [6.45, 7) is 2.74. The second kappa shape index (κ2) is 11.6. The van der Waals surface area contributed by atoms with Gasteiger partial charge in [-0.15, -0.1) is 0 Å². The lowest BCUT2D eigenvalue weighted by atomic mass is 9.98. The van der Waals surface area contributed by atoms with Crippen LogP contribution in [-0.4, -0.2) is 45.7 Å². The van der Waals surface area contributed by atoms with E-state index in [0.29, 0.717) is 25.8 Å². The number of carbonyl (C=O) groups is 2. The summed E-state index contributed by atoms with van der Waals surface area (Å²) in [5, 5.41) is 19.0. The van der Waals surface area contributed by atoms with E-state index in [1.54, 1.807) is 0 Å². The topological polar surface area (TPSA) is 77.8 Å². The number of aliphatic hydroxyl groups excluding tert-OH is 1. The molecule has 1 fully saturated rings. The molecule has 1 unspecified atom stereocenters. The molecule has 5 nitrogen and oxygen atoms in total. The Morgan fingerprint density at radius 1 is 1.29 bits per heavy atom. The van der Waals surface area contributed by atoms with Gasteiger partial charge in [0.2, 0.25) is 5.91 Å². The van der Waals surface area contributed by atoms with Crippen LogP contribution in [0.4, 0.5) is 0 Å². The molecular weight excluding hydrogens is 354 g/mol. The maximum atomic E-state index is 12.3. The third-order valence-corrected chi connectivity index (χ3v) is 5.23. The van der Waals surface area contributed by atoms with E-state index in [9.17, 15) is 14.7 Å². The lowest BCUT2D eigenvalue weighted by molar-refractivity contribution is -0.137. The predicted molar refractivity (Wildman–Crippen MR) is 110 cm³/mol. The van der Waals surface area contributed by atoms with Gasteiger partial charge < -0.3 is 15.1 Å². The summed E-state index contributed by atoms with van der Waals surface area (Å²) < 4.78 is 0. The molecule has 0 spiro atoms. The van der Waals surface area contributed by atoms with Crippen LogP contribution in [0, 0.1) is 6.92 Å². The molecule has 28 heavy (non-hydrogen) atoms. The molecule has 154 valence electrons. The standard InChI is InChI=1S/C23H33NO4/c1-18-8-6-9-19(16-18)17-21(25)14-13-20-10-7-11-22(26)24(20)15-5-3-2-4-12-23(27)28/h6,8-9,13-14,16,20-21,25H,2-5,7,10-12,15,17H2,1H3,(H,27,28)/b14-13+/t20-,21?/m1/s1. The fraction of sp³-hybridized carbons (Fsp3) is 0.565. The van der Waals surface area contributed by atoms with Crippen LogP contribution < -0.4 is 0 Å². The molecule has 0 saturated carbocycles. The fourth-order valence-corrected chi connectivity index (χ4v) is 3.75. The maximum absolute atomic E-state index is 12.3. The van der Waals surface area contributed by atoms with Crippen LogP contribution in [0.25, 0.3) is 0 Å². The summed E-state index contributed by atoms with van der Waals surface area (Å²) in [7, 11) is 0. The van der Waals surface area contributed by atoms with E-state index in [0.717, 1.165) is 37.7 Å². The second-order valence-corrected chi connectivity index (χ2v) is 7.75. The van der Waals surface area contributed by atoms with E-state index in [1.165, 1.54) is 5.56 Å². The van der Waals surface area contributed by atoms with Crippen molar-refractivity contribution in [2.24, 2.45) is 0 Å². The van der Waals surface area contributed by atoms with Gasteiger partial charge in [0.1, 0.15) is 0 Å². The summed E-state index contributed by atoms with van der Waals surface area (Å²) in [5.41, 5.74) is 2.29. The predicted octanol–water partition coefficient (Wildman–Crippen LogP) is 3.87. The largest absolute Gasteiger partial charge is 0.481 e. The Bertz CT molecular complexity index is 670. The highest BCUT2D eigenvalue weighted by Crippen LogP contribution is 2.21. The number of carbonyl (C=O) groups excluding carboxylic acids is 1. The van der Waals surface area contributed by atoms with Crippen molar-refractivity contribution in [1.29, 1.82) is 0 Å². The number of aliphatic carboxylic acids is 1. The number of nitrogens with zero attached hydrogens (tertiary/aromatic N) is 1. The molecule has 2 atom stereocenters. The summed E-state index contributed by atoms with van der Waals surface area (Å²) in [5.74, 6) is -0.569. The van der Waals surface area contributed by atoms with Gasteiger partial charge in [0.05, 0.1) is 12.1 Å². The highest BCUT2D eigenvalue weighted by molar-refractivity contribution is 5.77. The first kappa shape index (κ1) is 22.2. The van der Waals surface area contributed by atoms with Crippen molar-refractivity contribution in [3.05, 3.63) is 47.5 Å². The number of aliphatic hydroxyl groups is 1. The van der Waals surface area contributed by atoms with E-state index in [1.807, 2.05) is 42.2 Å². The monoisotopic (exact) mass is 387 g/mol. The van der Waals surface area contributed by atoms with Crippen LogP contribution in [-0.2, 0) is 16.0 Å². The van der Waals surface area contributed by atoms with Crippen LogP contribution in [0.1, 0.15) is 62.5 Å². The molecule has 0 aromatic heterocycles. The van der Waals surface area contributed by atoms with Crippen molar-refractivity contribution >= 4 is 11.9 Å². The van der Waals surface area contributed by atoms with Gasteiger partial charge in [0.15, 0.2) is 0 Å². The Labute approximate surface area is 168 Å². The highest BCUT2D eigenvalue weighted by atomic mass is 16.4. The van der Waals surface area contributed by atoms with E-state index in [2.05, 4.69) is 6.07 Å². The summed E-state index contributed by atoms with van der Waals surface area (Å²) in [6.07, 6.45) is 9.84. The quantitative estimate of drug-likeness (QED) is 0.446.